The summed E-state index contributed by atoms with van der Waals surface area (Å²) in [6.07, 6.45) is 4.26. The Morgan fingerprint density at radius 2 is 2.06 bits per heavy atom. The van der Waals surface area contributed by atoms with Crippen molar-refractivity contribution in [3.63, 3.8) is 0 Å². The summed E-state index contributed by atoms with van der Waals surface area (Å²) >= 11 is 5.57. The van der Waals surface area contributed by atoms with Crippen LogP contribution in [0, 0.1) is 6.92 Å². The molecular weight excluding hydrogens is 226 g/mol. The number of furan rings is 1. The van der Waals surface area contributed by atoms with Gasteiger partial charge in [0.05, 0.1) is 0 Å². The Morgan fingerprint density at radius 3 is 2.69 bits per heavy atom. The monoisotopic (exact) mass is 243 g/mol. The van der Waals surface area contributed by atoms with E-state index < -0.39 is 0 Å². The van der Waals surface area contributed by atoms with Crippen molar-refractivity contribution in [2.75, 3.05) is 12.4 Å². The van der Waals surface area contributed by atoms with Gasteiger partial charge in [0.2, 0.25) is 0 Å². The molecule has 0 saturated heterocycles. The van der Waals surface area contributed by atoms with Crippen LogP contribution in [0.5, 0.6) is 0 Å². The predicted molar refractivity (Wildman–Crippen MR) is 65.0 cm³/mol. The second-order valence-electron chi connectivity index (χ2n) is 3.77. The molecule has 1 rings (SSSR count). The third kappa shape index (κ3) is 4.71. The number of unbranched alkanes of at least 4 members (excludes halogenated alkanes) is 3. The molecule has 1 aromatic heterocycles. The second-order valence-corrected chi connectivity index (χ2v) is 4.15. The average Bonchev–Trinajstić information content (AvgIpc) is 2.70. The largest absolute Gasteiger partial charge is 0.456 e. The van der Waals surface area contributed by atoms with Crippen LogP contribution in [0.25, 0.3) is 0 Å². The van der Waals surface area contributed by atoms with Gasteiger partial charge in [-0.2, -0.15) is 0 Å². The molecule has 90 valence electrons. The van der Waals surface area contributed by atoms with E-state index in [1.807, 2.05) is 6.92 Å². The maximum atomic E-state index is 11.5. The molecule has 1 N–H and O–H groups in total. The molecule has 0 bridgehead atoms. The Kier molecular flexibility index (Phi) is 6.01. The summed E-state index contributed by atoms with van der Waals surface area (Å²) in [5, 5.41) is 2.82. The van der Waals surface area contributed by atoms with Crippen molar-refractivity contribution in [3.8, 4) is 0 Å². The SMILES string of the molecule is Cc1ccc(C(=O)NCCCCCCCl)o1. The lowest BCUT2D eigenvalue weighted by atomic mass is 10.2. The molecule has 1 aromatic rings. The molecule has 4 heteroatoms. The van der Waals surface area contributed by atoms with E-state index in [-0.39, 0.29) is 5.91 Å². The van der Waals surface area contributed by atoms with Crippen molar-refractivity contribution >= 4 is 17.5 Å². The highest BCUT2D eigenvalue weighted by Crippen LogP contribution is 2.06. The summed E-state index contributed by atoms with van der Waals surface area (Å²) in [6.45, 7) is 2.52. The van der Waals surface area contributed by atoms with E-state index in [9.17, 15) is 4.79 Å². The number of halogens is 1. The summed E-state index contributed by atoms with van der Waals surface area (Å²) in [5.74, 6) is 1.73. The summed E-state index contributed by atoms with van der Waals surface area (Å²) < 4.78 is 5.21. The number of amides is 1. The number of alkyl halides is 1. The zero-order chi connectivity index (χ0) is 11.8. The molecular formula is C12H18ClNO2. The molecule has 0 unspecified atom stereocenters. The van der Waals surface area contributed by atoms with Gasteiger partial charge in [0.15, 0.2) is 5.76 Å². The summed E-state index contributed by atoms with van der Waals surface area (Å²) in [7, 11) is 0. The first-order valence-electron chi connectivity index (χ1n) is 5.64. The zero-order valence-electron chi connectivity index (χ0n) is 9.59. The fourth-order valence-electron chi connectivity index (χ4n) is 1.42. The van der Waals surface area contributed by atoms with Crippen molar-refractivity contribution in [2.45, 2.75) is 32.6 Å². The fourth-order valence-corrected chi connectivity index (χ4v) is 1.61. The quantitative estimate of drug-likeness (QED) is 0.591. The lowest BCUT2D eigenvalue weighted by Gasteiger charge is -2.02. The highest BCUT2D eigenvalue weighted by atomic mass is 35.5. The van der Waals surface area contributed by atoms with Crippen LogP contribution in [0.3, 0.4) is 0 Å². The van der Waals surface area contributed by atoms with Crippen LogP contribution >= 0.6 is 11.6 Å². The number of carbonyl (C=O) groups is 1. The molecule has 0 fully saturated rings. The minimum Gasteiger partial charge on any atom is -0.456 e. The summed E-state index contributed by atoms with van der Waals surface area (Å²) in [6, 6.07) is 3.48. The van der Waals surface area contributed by atoms with Crippen LogP contribution in [0.4, 0.5) is 0 Å². The lowest BCUT2D eigenvalue weighted by Crippen LogP contribution is -2.23. The molecule has 0 aromatic carbocycles. The second kappa shape index (κ2) is 7.34. The lowest BCUT2D eigenvalue weighted by molar-refractivity contribution is 0.0924. The Bertz CT molecular complexity index is 323. The molecule has 0 spiro atoms. The first-order valence-corrected chi connectivity index (χ1v) is 6.18. The van der Waals surface area contributed by atoms with Gasteiger partial charge in [-0.15, -0.1) is 11.6 Å². The molecule has 1 heterocycles. The van der Waals surface area contributed by atoms with E-state index >= 15 is 0 Å². The molecule has 0 aliphatic carbocycles. The van der Waals surface area contributed by atoms with E-state index in [0.717, 1.165) is 37.3 Å². The van der Waals surface area contributed by atoms with Crippen LogP contribution in [-0.4, -0.2) is 18.3 Å². The van der Waals surface area contributed by atoms with E-state index in [2.05, 4.69) is 5.32 Å². The summed E-state index contributed by atoms with van der Waals surface area (Å²) in [4.78, 5) is 11.5. The Morgan fingerprint density at radius 1 is 1.31 bits per heavy atom. The van der Waals surface area contributed by atoms with Gasteiger partial charge < -0.3 is 9.73 Å². The third-order valence-corrected chi connectivity index (χ3v) is 2.58. The van der Waals surface area contributed by atoms with E-state index in [1.165, 1.54) is 0 Å². The molecule has 3 nitrogen and oxygen atoms in total. The number of hydrogen-bond donors (Lipinski definition) is 1. The Hall–Kier alpha value is -0.960. The molecule has 0 radical (unpaired) electrons. The van der Waals surface area contributed by atoms with Gasteiger partial charge in [0, 0.05) is 12.4 Å². The molecule has 0 aliphatic rings. The van der Waals surface area contributed by atoms with Gasteiger partial charge in [-0.05, 0) is 31.9 Å². The van der Waals surface area contributed by atoms with Gasteiger partial charge in [-0.1, -0.05) is 12.8 Å². The maximum Gasteiger partial charge on any atom is 0.286 e. The van der Waals surface area contributed by atoms with Crippen molar-refractivity contribution in [1.82, 2.24) is 5.32 Å². The fraction of sp³-hybridized carbons (Fsp3) is 0.583. The molecule has 0 aliphatic heterocycles. The molecule has 0 atom stereocenters. The minimum absolute atomic E-state index is 0.134. The van der Waals surface area contributed by atoms with Crippen molar-refractivity contribution in [3.05, 3.63) is 23.7 Å². The van der Waals surface area contributed by atoms with Crippen LogP contribution in [-0.2, 0) is 0 Å². The first-order chi connectivity index (χ1) is 7.74. The molecule has 16 heavy (non-hydrogen) atoms. The third-order valence-electron chi connectivity index (χ3n) is 2.31. The van der Waals surface area contributed by atoms with E-state index in [0.29, 0.717) is 12.3 Å². The van der Waals surface area contributed by atoms with E-state index in [1.54, 1.807) is 12.1 Å². The van der Waals surface area contributed by atoms with Crippen molar-refractivity contribution < 1.29 is 9.21 Å². The topological polar surface area (TPSA) is 42.2 Å². The number of rotatable bonds is 7. The van der Waals surface area contributed by atoms with Crippen LogP contribution in [0.1, 0.15) is 42.0 Å². The normalized spacial score (nSPS) is 10.4. The highest BCUT2D eigenvalue weighted by Gasteiger charge is 2.08. The zero-order valence-corrected chi connectivity index (χ0v) is 10.3. The molecule has 1 amide bonds. The van der Waals surface area contributed by atoms with Crippen LogP contribution in [0.15, 0.2) is 16.5 Å². The van der Waals surface area contributed by atoms with Crippen LogP contribution in [0.2, 0.25) is 0 Å². The number of nitrogens with one attached hydrogen (secondary N) is 1. The van der Waals surface area contributed by atoms with Gasteiger partial charge in [0.1, 0.15) is 5.76 Å². The average molecular weight is 244 g/mol. The molecule has 0 saturated carbocycles. The van der Waals surface area contributed by atoms with Gasteiger partial charge in [0.25, 0.3) is 5.91 Å². The predicted octanol–water partition coefficient (Wildman–Crippen LogP) is 3.12. The maximum absolute atomic E-state index is 11.5. The highest BCUT2D eigenvalue weighted by molar-refractivity contribution is 6.17. The van der Waals surface area contributed by atoms with Crippen molar-refractivity contribution in [1.29, 1.82) is 0 Å². The number of aryl methyl sites for hydroxylation is 1. The van der Waals surface area contributed by atoms with Gasteiger partial charge in [-0.3, -0.25) is 4.79 Å². The Balaban J connectivity index is 2.11. The van der Waals surface area contributed by atoms with Crippen molar-refractivity contribution in [2.24, 2.45) is 0 Å². The van der Waals surface area contributed by atoms with Gasteiger partial charge >= 0.3 is 0 Å². The van der Waals surface area contributed by atoms with Gasteiger partial charge in [-0.25, -0.2) is 0 Å². The Labute approximate surface area is 101 Å². The van der Waals surface area contributed by atoms with E-state index in [4.69, 9.17) is 16.0 Å². The minimum atomic E-state index is -0.134. The first kappa shape index (κ1) is 13.1. The van der Waals surface area contributed by atoms with Crippen LogP contribution < -0.4 is 5.32 Å². The summed E-state index contributed by atoms with van der Waals surface area (Å²) in [5.41, 5.74) is 0. The standard InChI is InChI=1S/C12H18ClNO2/c1-10-6-7-11(16-10)12(15)14-9-5-3-2-4-8-13/h6-7H,2-5,8-9H2,1H3,(H,14,15). The number of carbonyl (C=O) groups excluding carboxylic acids is 1. The smallest absolute Gasteiger partial charge is 0.286 e. The number of hydrogen-bond acceptors (Lipinski definition) is 2.